The lowest BCUT2D eigenvalue weighted by Crippen LogP contribution is -2.27. The van der Waals surface area contributed by atoms with Crippen LogP contribution in [0.25, 0.3) is 0 Å². The first-order chi connectivity index (χ1) is 6.79. The van der Waals surface area contributed by atoms with Crippen LogP contribution in [-0.4, -0.2) is 36.2 Å². The molecule has 2 rings (SSSR count). The largest absolute Gasteiger partial charge is 0.494 e. The first kappa shape index (κ1) is 9.21. The molecule has 2 heterocycles. The maximum atomic E-state index is 5.80. The van der Waals surface area contributed by atoms with Crippen LogP contribution in [0.2, 0.25) is 0 Å². The van der Waals surface area contributed by atoms with Crippen LogP contribution < -0.4 is 15.4 Å². The Labute approximate surface area is 82.9 Å². The van der Waals surface area contributed by atoms with Crippen molar-refractivity contribution in [3.8, 4) is 5.75 Å². The zero-order valence-electron chi connectivity index (χ0n) is 8.18. The summed E-state index contributed by atoms with van der Waals surface area (Å²) in [6.07, 6.45) is 4.35. The Morgan fingerprint density at radius 3 is 2.71 bits per heavy atom. The lowest BCUT2D eigenvalue weighted by Gasteiger charge is -2.14. The van der Waals surface area contributed by atoms with Crippen molar-refractivity contribution in [1.29, 1.82) is 0 Å². The van der Waals surface area contributed by atoms with Crippen LogP contribution in [-0.2, 0) is 0 Å². The smallest absolute Gasteiger partial charge is 0.225 e. The molecule has 1 fully saturated rings. The third-order valence-corrected chi connectivity index (χ3v) is 2.36. The van der Waals surface area contributed by atoms with Crippen molar-refractivity contribution in [3.05, 3.63) is 12.4 Å². The minimum absolute atomic E-state index is 0.251. The third kappa shape index (κ3) is 1.77. The summed E-state index contributed by atoms with van der Waals surface area (Å²) in [7, 11) is 1.60. The second kappa shape index (κ2) is 3.79. The molecule has 0 aliphatic carbocycles. The van der Waals surface area contributed by atoms with E-state index in [9.17, 15) is 0 Å². The quantitative estimate of drug-likeness (QED) is 0.719. The van der Waals surface area contributed by atoms with Gasteiger partial charge in [-0.1, -0.05) is 0 Å². The van der Waals surface area contributed by atoms with E-state index in [1.165, 1.54) is 0 Å². The fourth-order valence-corrected chi connectivity index (χ4v) is 1.55. The molecule has 0 bridgehead atoms. The molecule has 0 saturated carbocycles. The summed E-state index contributed by atoms with van der Waals surface area (Å²) in [5.74, 6) is 1.41. The van der Waals surface area contributed by atoms with Crippen molar-refractivity contribution < 1.29 is 4.74 Å². The van der Waals surface area contributed by atoms with Crippen molar-refractivity contribution in [2.75, 3.05) is 25.1 Å². The topological polar surface area (TPSA) is 64.3 Å². The number of hydrogen-bond donors (Lipinski definition) is 1. The fraction of sp³-hybridized carbons (Fsp3) is 0.556. The molecule has 5 nitrogen and oxygen atoms in total. The van der Waals surface area contributed by atoms with Crippen LogP contribution in [0, 0.1) is 0 Å². The van der Waals surface area contributed by atoms with Crippen LogP contribution in [0.4, 0.5) is 5.95 Å². The van der Waals surface area contributed by atoms with Gasteiger partial charge in [0.1, 0.15) is 0 Å². The fourth-order valence-electron chi connectivity index (χ4n) is 1.55. The van der Waals surface area contributed by atoms with Gasteiger partial charge in [0.15, 0.2) is 5.75 Å². The monoisotopic (exact) mass is 194 g/mol. The van der Waals surface area contributed by atoms with Gasteiger partial charge >= 0.3 is 0 Å². The van der Waals surface area contributed by atoms with Crippen LogP contribution in [0.3, 0.4) is 0 Å². The second-order valence-electron chi connectivity index (χ2n) is 3.42. The van der Waals surface area contributed by atoms with Gasteiger partial charge in [-0.3, -0.25) is 0 Å². The van der Waals surface area contributed by atoms with Gasteiger partial charge in [-0.05, 0) is 6.42 Å². The Morgan fingerprint density at radius 2 is 2.21 bits per heavy atom. The number of nitrogens with two attached hydrogens (primary N) is 1. The molecule has 1 aliphatic rings. The Morgan fingerprint density at radius 1 is 1.50 bits per heavy atom. The number of ether oxygens (including phenoxy) is 1. The predicted octanol–water partition coefficient (Wildman–Crippen LogP) is 0.0226. The average Bonchev–Trinajstić information content (AvgIpc) is 2.65. The summed E-state index contributed by atoms with van der Waals surface area (Å²) < 4.78 is 4.98. The van der Waals surface area contributed by atoms with Gasteiger partial charge in [0.25, 0.3) is 0 Å². The molecular weight excluding hydrogens is 180 g/mol. The minimum atomic E-state index is 0.251. The van der Waals surface area contributed by atoms with Crippen molar-refractivity contribution in [3.63, 3.8) is 0 Å². The molecule has 2 N–H and O–H groups in total. The van der Waals surface area contributed by atoms with E-state index in [0.29, 0.717) is 5.75 Å². The normalized spacial score (nSPS) is 21.3. The lowest BCUT2D eigenvalue weighted by atomic mass is 10.3. The van der Waals surface area contributed by atoms with Crippen molar-refractivity contribution in [2.24, 2.45) is 5.73 Å². The number of nitrogens with zero attached hydrogens (tertiary/aromatic N) is 3. The Kier molecular flexibility index (Phi) is 2.49. The lowest BCUT2D eigenvalue weighted by molar-refractivity contribution is 0.410. The summed E-state index contributed by atoms with van der Waals surface area (Å²) in [6, 6.07) is 0.251. The average molecular weight is 194 g/mol. The molecule has 0 aromatic carbocycles. The first-order valence-electron chi connectivity index (χ1n) is 4.66. The summed E-state index contributed by atoms with van der Waals surface area (Å²) >= 11 is 0. The highest BCUT2D eigenvalue weighted by molar-refractivity contribution is 5.33. The first-order valence-corrected chi connectivity index (χ1v) is 4.66. The maximum Gasteiger partial charge on any atom is 0.225 e. The van der Waals surface area contributed by atoms with Gasteiger partial charge in [0.05, 0.1) is 19.5 Å². The van der Waals surface area contributed by atoms with Crippen LogP contribution in [0.15, 0.2) is 12.4 Å². The highest BCUT2D eigenvalue weighted by Crippen LogP contribution is 2.16. The number of methoxy groups -OCH3 is 1. The van der Waals surface area contributed by atoms with E-state index in [2.05, 4.69) is 14.9 Å². The van der Waals surface area contributed by atoms with E-state index in [0.717, 1.165) is 25.5 Å². The number of hydrogen-bond acceptors (Lipinski definition) is 5. The van der Waals surface area contributed by atoms with Crippen molar-refractivity contribution in [2.45, 2.75) is 12.5 Å². The number of anilines is 1. The Balaban J connectivity index is 2.09. The SMILES string of the molecule is COc1cnc(N2CCC(N)C2)nc1. The minimum Gasteiger partial charge on any atom is -0.494 e. The molecule has 1 saturated heterocycles. The number of rotatable bonds is 2. The molecule has 0 amide bonds. The molecule has 0 radical (unpaired) electrons. The molecule has 14 heavy (non-hydrogen) atoms. The van der Waals surface area contributed by atoms with Gasteiger partial charge < -0.3 is 15.4 Å². The van der Waals surface area contributed by atoms with Gasteiger partial charge in [-0.25, -0.2) is 9.97 Å². The van der Waals surface area contributed by atoms with Crippen LogP contribution in [0.1, 0.15) is 6.42 Å². The van der Waals surface area contributed by atoms with Crippen LogP contribution >= 0.6 is 0 Å². The molecule has 76 valence electrons. The molecule has 0 spiro atoms. The van der Waals surface area contributed by atoms with E-state index < -0.39 is 0 Å². The molecule has 1 aromatic heterocycles. The molecular formula is C9H14N4O. The summed E-state index contributed by atoms with van der Waals surface area (Å²) in [5, 5.41) is 0. The maximum absolute atomic E-state index is 5.80. The highest BCUT2D eigenvalue weighted by atomic mass is 16.5. The molecule has 5 heteroatoms. The van der Waals surface area contributed by atoms with Crippen molar-refractivity contribution >= 4 is 5.95 Å². The Hall–Kier alpha value is -1.36. The van der Waals surface area contributed by atoms with Gasteiger partial charge in [-0.15, -0.1) is 0 Å². The predicted molar refractivity (Wildman–Crippen MR) is 53.4 cm³/mol. The molecule has 1 aromatic rings. The van der Waals surface area contributed by atoms with Gasteiger partial charge in [0, 0.05) is 19.1 Å². The van der Waals surface area contributed by atoms with E-state index in [1.54, 1.807) is 19.5 Å². The second-order valence-corrected chi connectivity index (χ2v) is 3.42. The van der Waals surface area contributed by atoms with Gasteiger partial charge in [0.2, 0.25) is 5.95 Å². The van der Waals surface area contributed by atoms with E-state index in [4.69, 9.17) is 10.5 Å². The van der Waals surface area contributed by atoms with E-state index in [1.807, 2.05) is 0 Å². The standard InChI is InChI=1S/C9H14N4O/c1-14-8-4-11-9(12-5-8)13-3-2-7(10)6-13/h4-5,7H,2-3,6,10H2,1H3. The zero-order chi connectivity index (χ0) is 9.97. The Bertz CT molecular complexity index is 300. The van der Waals surface area contributed by atoms with Crippen molar-refractivity contribution in [1.82, 2.24) is 9.97 Å². The van der Waals surface area contributed by atoms with E-state index in [-0.39, 0.29) is 6.04 Å². The van der Waals surface area contributed by atoms with Crippen LogP contribution in [0.5, 0.6) is 5.75 Å². The zero-order valence-corrected chi connectivity index (χ0v) is 8.18. The summed E-state index contributed by atoms with van der Waals surface area (Å²) in [6.45, 7) is 1.78. The van der Waals surface area contributed by atoms with Gasteiger partial charge in [-0.2, -0.15) is 0 Å². The highest BCUT2D eigenvalue weighted by Gasteiger charge is 2.20. The molecule has 1 unspecified atom stereocenters. The molecule has 1 aliphatic heterocycles. The third-order valence-electron chi connectivity index (χ3n) is 2.36. The summed E-state index contributed by atoms with van der Waals surface area (Å²) in [5.41, 5.74) is 5.80. The molecule has 1 atom stereocenters. The number of aromatic nitrogens is 2. The summed E-state index contributed by atoms with van der Waals surface area (Å²) in [4.78, 5) is 10.5. The van der Waals surface area contributed by atoms with E-state index >= 15 is 0 Å².